The molecule has 1 N–H and O–H groups in total. The standard InChI is InChI=1S/C6H12O3/c1-8-5-3-2-4-9-6(5)7/h5-7H,2-4H2,1H3/t5-,6-/m0/s1. The topological polar surface area (TPSA) is 38.7 Å². The van der Waals surface area contributed by atoms with Gasteiger partial charge < -0.3 is 14.6 Å². The summed E-state index contributed by atoms with van der Waals surface area (Å²) >= 11 is 0. The van der Waals surface area contributed by atoms with Crippen LogP contribution < -0.4 is 0 Å². The van der Waals surface area contributed by atoms with Crippen LogP contribution in [0.25, 0.3) is 0 Å². The third-order valence-corrected chi connectivity index (χ3v) is 1.54. The van der Waals surface area contributed by atoms with E-state index >= 15 is 0 Å². The minimum atomic E-state index is -0.705. The van der Waals surface area contributed by atoms with E-state index in [1.54, 1.807) is 7.11 Å². The third kappa shape index (κ3) is 1.64. The maximum Gasteiger partial charge on any atom is 0.181 e. The van der Waals surface area contributed by atoms with E-state index in [0.717, 1.165) is 12.8 Å². The van der Waals surface area contributed by atoms with Crippen molar-refractivity contribution >= 4 is 0 Å². The molecule has 0 spiro atoms. The van der Waals surface area contributed by atoms with Crippen molar-refractivity contribution in [3.63, 3.8) is 0 Å². The molecule has 54 valence electrons. The van der Waals surface area contributed by atoms with E-state index in [1.807, 2.05) is 0 Å². The molecule has 0 saturated carbocycles. The number of methoxy groups -OCH3 is 1. The van der Waals surface area contributed by atoms with E-state index in [-0.39, 0.29) is 6.10 Å². The van der Waals surface area contributed by atoms with Crippen molar-refractivity contribution < 1.29 is 14.6 Å². The molecule has 1 fully saturated rings. The summed E-state index contributed by atoms with van der Waals surface area (Å²) in [5.74, 6) is 0. The first-order valence-electron chi connectivity index (χ1n) is 3.17. The quantitative estimate of drug-likeness (QED) is 0.551. The maximum absolute atomic E-state index is 9.02. The third-order valence-electron chi connectivity index (χ3n) is 1.54. The zero-order valence-corrected chi connectivity index (χ0v) is 5.54. The molecule has 0 aromatic carbocycles. The van der Waals surface area contributed by atoms with E-state index in [4.69, 9.17) is 14.6 Å². The van der Waals surface area contributed by atoms with Crippen molar-refractivity contribution in [1.82, 2.24) is 0 Å². The molecule has 1 saturated heterocycles. The highest BCUT2D eigenvalue weighted by Crippen LogP contribution is 2.13. The lowest BCUT2D eigenvalue weighted by molar-refractivity contribution is -0.193. The Bertz CT molecular complexity index is 84.4. The molecule has 2 atom stereocenters. The van der Waals surface area contributed by atoms with Gasteiger partial charge in [0.15, 0.2) is 6.29 Å². The monoisotopic (exact) mass is 132 g/mol. The average Bonchev–Trinajstić information content (AvgIpc) is 1.89. The molecule has 0 bridgehead atoms. The van der Waals surface area contributed by atoms with Crippen molar-refractivity contribution in [2.24, 2.45) is 0 Å². The van der Waals surface area contributed by atoms with Gasteiger partial charge in [-0.3, -0.25) is 0 Å². The first kappa shape index (κ1) is 6.99. The first-order chi connectivity index (χ1) is 4.34. The van der Waals surface area contributed by atoms with Crippen molar-refractivity contribution in [2.45, 2.75) is 25.2 Å². The fourth-order valence-electron chi connectivity index (χ4n) is 0.973. The zero-order chi connectivity index (χ0) is 6.69. The second-order valence-electron chi connectivity index (χ2n) is 2.18. The van der Waals surface area contributed by atoms with Gasteiger partial charge in [-0.1, -0.05) is 0 Å². The number of hydrogen-bond acceptors (Lipinski definition) is 3. The first-order valence-corrected chi connectivity index (χ1v) is 3.17. The highest BCUT2D eigenvalue weighted by molar-refractivity contribution is 4.64. The molecule has 0 unspecified atom stereocenters. The average molecular weight is 132 g/mol. The Balaban J connectivity index is 2.30. The Labute approximate surface area is 54.6 Å². The summed E-state index contributed by atoms with van der Waals surface area (Å²) in [6.45, 7) is 0.654. The van der Waals surface area contributed by atoms with Crippen molar-refractivity contribution in [3.05, 3.63) is 0 Å². The Morgan fingerprint density at radius 3 is 2.89 bits per heavy atom. The van der Waals surface area contributed by atoms with Crippen LogP contribution in [0, 0.1) is 0 Å². The zero-order valence-electron chi connectivity index (χ0n) is 5.54. The molecule has 1 heterocycles. The van der Waals surface area contributed by atoms with Crippen molar-refractivity contribution in [3.8, 4) is 0 Å². The molecule has 1 aliphatic rings. The summed E-state index contributed by atoms with van der Waals surface area (Å²) in [7, 11) is 1.59. The molecular formula is C6H12O3. The molecule has 1 rings (SSSR count). The normalized spacial score (nSPS) is 36.7. The van der Waals surface area contributed by atoms with Gasteiger partial charge in [0.25, 0.3) is 0 Å². The minimum absolute atomic E-state index is 0.112. The molecule has 1 aliphatic heterocycles. The van der Waals surface area contributed by atoms with Gasteiger partial charge in [0.1, 0.15) is 6.10 Å². The molecule has 0 amide bonds. The van der Waals surface area contributed by atoms with Crippen LogP contribution in [0.2, 0.25) is 0 Å². The summed E-state index contributed by atoms with van der Waals surface area (Å²) in [5, 5.41) is 9.02. The van der Waals surface area contributed by atoms with Crippen LogP contribution in [0.15, 0.2) is 0 Å². The van der Waals surface area contributed by atoms with Crippen LogP contribution in [-0.2, 0) is 9.47 Å². The lowest BCUT2D eigenvalue weighted by atomic mass is 10.1. The molecule has 3 heteroatoms. The Kier molecular flexibility index (Phi) is 2.45. The van der Waals surface area contributed by atoms with Crippen LogP contribution in [0.4, 0.5) is 0 Å². The van der Waals surface area contributed by atoms with Gasteiger partial charge in [-0.05, 0) is 12.8 Å². The van der Waals surface area contributed by atoms with Gasteiger partial charge in [0.05, 0.1) is 0 Å². The Morgan fingerprint density at radius 1 is 1.67 bits per heavy atom. The van der Waals surface area contributed by atoms with Gasteiger partial charge in [-0.15, -0.1) is 0 Å². The molecule has 0 aromatic rings. The minimum Gasteiger partial charge on any atom is -0.376 e. The summed E-state index contributed by atoms with van der Waals surface area (Å²) in [6, 6.07) is 0. The fraction of sp³-hybridized carbons (Fsp3) is 1.00. The van der Waals surface area contributed by atoms with Gasteiger partial charge in [0, 0.05) is 13.7 Å². The molecule has 0 aliphatic carbocycles. The lowest BCUT2D eigenvalue weighted by Gasteiger charge is -2.25. The smallest absolute Gasteiger partial charge is 0.181 e. The second-order valence-corrected chi connectivity index (χ2v) is 2.18. The SMILES string of the molecule is CO[C@H]1CCCO[C@@H]1O. The number of rotatable bonds is 1. The van der Waals surface area contributed by atoms with Crippen LogP contribution in [0.1, 0.15) is 12.8 Å². The van der Waals surface area contributed by atoms with Crippen LogP contribution in [0.3, 0.4) is 0 Å². The lowest BCUT2D eigenvalue weighted by Crippen LogP contribution is -2.34. The maximum atomic E-state index is 9.02. The van der Waals surface area contributed by atoms with E-state index in [2.05, 4.69) is 0 Å². The summed E-state index contributed by atoms with van der Waals surface area (Å²) in [6.07, 6.45) is 1.07. The molecule has 3 nitrogen and oxygen atoms in total. The van der Waals surface area contributed by atoms with Gasteiger partial charge >= 0.3 is 0 Å². The summed E-state index contributed by atoms with van der Waals surface area (Å²) < 4.78 is 9.84. The van der Waals surface area contributed by atoms with Crippen LogP contribution in [-0.4, -0.2) is 31.2 Å². The van der Waals surface area contributed by atoms with E-state index in [1.165, 1.54) is 0 Å². The van der Waals surface area contributed by atoms with Crippen LogP contribution >= 0.6 is 0 Å². The van der Waals surface area contributed by atoms with Gasteiger partial charge in [-0.25, -0.2) is 0 Å². The van der Waals surface area contributed by atoms with Gasteiger partial charge in [-0.2, -0.15) is 0 Å². The van der Waals surface area contributed by atoms with Crippen LogP contribution in [0.5, 0.6) is 0 Å². The number of hydrogen-bond donors (Lipinski definition) is 1. The Hall–Kier alpha value is -0.120. The highest BCUT2D eigenvalue weighted by Gasteiger charge is 2.22. The van der Waals surface area contributed by atoms with E-state index < -0.39 is 6.29 Å². The number of aliphatic hydroxyl groups excluding tert-OH is 1. The number of ether oxygens (including phenoxy) is 2. The molecule has 9 heavy (non-hydrogen) atoms. The second kappa shape index (κ2) is 3.15. The predicted octanol–water partition coefficient (Wildman–Crippen LogP) is 0.130. The fourth-order valence-corrected chi connectivity index (χ4v) is 0.973. The van der Waals surface area contributed by atoms with Gasteiger partial charge in [0.2, 0.25) is 0 Å². The molecule has 0 radical (unpaired) electrons. The largest absolute Gasteiger partial charge is 0.376 e. The van der Waals surface area contributed by atoms with Crippen molar-refractivity contribution in [2.75, 3.05) is 13.7 Å². The molecular weight excluding hydrogens is 120 g/mol. The Morgan fingerprint density at radius 2 is 2.44 bits per heavy atom. The number of aliphatic hydroxyl groups is 1. The molecule has 0 aromatic heterocycles. The summed E-state index contributed by atoms with van der Waals surface area (Å²) in [5.41, 5.74) is 0. The predicted molar refractivity (Wildman–Crippen MR) is 32.0 cm³/mol. The summed E-state index contributed by atoms with van der Waals surface area (Å²) in [4.78, 5) is 0. The van der Waals surface area contributed by atoms with E-state index in [9.17, 15) is 0 Å². The highest BCUT2D eigenvalue weighted by atomic mass is 16.6. The van der Waals surface area contributed by atoms with Crippen molar-refractivity contribution in [1.29, 1.82) is 0 Å². The van der Waals surface area contributed by atoms with E-state index in [0.29, 0.717) is 6.61 Å².